The molecule has 20 heavy (non-hydrogen) atoms. The van der Waals surface area contributed by atoms with E-state index in [1.807, 2.05) is 0 Å². The first-order valence-corrected chi connectivity index (χ1v) is 7.41. The minimum Gasteiger partial charge on any atom is -0.382 e. The average molecular weight is 273 g/mol. The number of nitrogens with two attached hydrogens (primary N) is 1. The summed E-state index contributed by atoms with van der Waals surface area (Å²) in [5.41, 5.74) is 7.73. The lowest BCUT2D eigenvalue weighted by Gasteiger charge is -2.36. The van der Waals surface area contributed by atoms with Crippen LogP contribution in [0, 0.1) is 11.3 Å². The molecule has 2 aromatic rings. The number of hydrogen-bond donors (Lipinski definition) is 2. The number of aromatic nitrogens is 4. The maximum atomic E-state index is 5.86. The molecule has 2 aromatic heterocycles. The minimum atomic E-state index is 0.411. The van der Waals surface area contributed by atoms with Crippen LogP contribution in [0.4, 0.5) is 5.82 Å². The van der Waals surface area contributed by atoms with Gasteiger partial charge >= 0.3 is 0 Å². The topological polar surface area (TPSA) is 80.5 Å². The Balaban J connectivity index is 1.78. The quantitative estimate of drug-likeness (QED) is 0.835. The predicted molar refractivity (Wildman–Crippen MR) is 80.3 cm³/mol. The van der Waals surface area contributed by atoms with E-state index in [9.17, 15) is 0 Å². The molecule has 5 nitrogen and oxygen atoms in total. The van der Waals surface area contributed by atoms with Crippen molar-refractivity contribution in [3.8, 4) is 0 Å². The van der Waals surface area contributed by atoms with Gasteiger partial charge in [0.05, 0.1) is 0 Å². The standard InChI is InChI=1S/C15H23N5/c1-15(2,3)10-6-4-9(5-7-10)13-19-11-12(16)17-8-18-14(11)20-13/h8-10H,4-7H2,1-3H3,(H3,16,17,18,19,20). The molecule has 0 amide bonds. The first-order chi connectivity index (χ1) is 9.45. The minimum absolute atomic E-state index is 0.411. The van der Waals surface area contributed by atoms with E-state index in [1.54, 1.807) is 0 Å². The Morgan fingerprint density at radius 2 is 1.85 bits per heavy atom. The summed E-state index contributed by atoms with van der Waals surface area (Å²) in [5.74, 6) is 2.83. The van der Waals surface area contributed by atoms with E-state index in [0.29, 0.717) is 22.8 Å². The third kappa shape index (κ3) is 2.37. The molecule has 0 aliphatic heterocycles. The maximum Gasteiger partial charge on any atom is 0.183 e. The average Bonchev–Trinajstić information content (AvgIpc) is 2.83. The van der Waals surface area contributed by atoms with Gasteiger partial charge in [-0.05, 0) is 37.0 Å². The third-order valence-corrected chi connectivity index (χ3v) is 4.67. The maximum absolute atomic E-state index is 5.86. The number of aromatic amines is 1. The first-order valence-electron chi connectivity index (χ1n) is 7.41. The van der Waals surface area contributed by atoms with Gasteiger partial charge in [-0.1, -0.05) is 20.8 Å². The summed E-state index contributed by atoms with van der Waals surface area (Å²) in [6.45, 7) is 7.03. The van der Waals surface area contributed by atoms with Gasteiger partial charge in [0.2, 0.25) is 0 Å². The Morgan fingerprint density at radius 3 is 2.45 bits per heavy atom. The van der Waals surface area contributed by atoms with Crippen molar-refractivity contribution in [1.29, 1.82) is 0 Å². The predicted octanol–water partition coefficient (Wildman–Crippen LogP) is 3.26. The summed E-state index contributed by atoms with van der Waals surface area (Å²) in [6, 6.07) is 0. The van der Waals surface area contributed by atoms with Crippen molar-refractivity contribution in [1.82, 2.24) is 19.9 Å². The number of fused-ring (bicyclic) bond motifs is 1. The van der Waals surface area contributed by atoms with Crippen LogP contribution in [-0.2, 0) is 0 Å². The van der Waals surface area contributed by atoms with Crippen LogP contribution in [0.1, 0.15) is 58.2 Å². The summed E-state index contributed by atoms with van der Waals surface area (Å²) in [6.07, 6.45) is 6.39. The van der Waals surface area contributed by atoms with E-state index in [1.165, 1.54) is 32.0 Å². The molecule has 1 aliphatic rings. The highest BCUT2D eigenvalue weighted by molar-refractivity contribution is 5.81. The number of H-pyrrole nitrogens is 1. The van der Waals surface area contributed by atoms with Crippen molar-refractivity contribution in [3.05, 3.63) is 12.2 Å². The van der Waals surface area contributed by atoms with Gasteiger partial charge in [0, 0.05) is 5.92 Å². The Kier molecular flexibility index (Phi) is 3.15. The zero-order chi connectivity index (χ0) is 14.3. The fraction of sp³-hybridized carbons (Fsp3) is 0.667. The Labute approximate surface area is 119 Å². The fourth-order valence-corrected chi connectivity index (χ4v) is 3.29. The highest BCUT2D eigenvalue weighted by atomic mass is 15.0. The van der Waals surface area contributed by atoms with E-state index in [4.69, 9.17) is 5.73 Å². The zero-order valence-electron chi connectivity index (χ0n) is 12.5. The van der Waals surface area contributed by atoms with Crippen molar-refractivity contribution in [3.63, 3.8) is 0 Å². The van der Waals surface area contributed by atoms with Gasteiger partial charge in [-0.3, -0.25) is 0 Å². The molecule has 0 aromatic carbocycles. The van der Waals surface area contributed by atoms with Crippen LogP contribution >= 0.6 is 0 Å². The largest absolute Gasteiger partial charge is 0.382 e. The van der Waals surface area contributed by atoms with Crippen LogP contribution in [0.5, 0.6) is 0 Å². The Bertz CT molecular complexity index is 602. The highest BCUT2D eigenvalue weighted by Crippen LogP contribution is 2.42. The van der Waals surface area contributed by atoms with Gasteiger partial charge in [0.15, 0.2) is 11.5 Å². The molecule has 0 radical (unpaired) electrons. The number of rotatable bonds is 1. The Morgan fingerprint density at radius 1 is 1.15 bits per heavy atom. The molecule has 1 saturated carbocycles. The molecule has 0 atom stereocenters. The van der Waals surface area contributed by atoms with Crippen molar-refractivity contribution in [2.45, 2.75) is 52.4 Å². The van der Waals surface area contributed by atoms with Crippen LogP contribution in [0.2, 0.25) is 0 Å². The van der Waals surface area contributed by atoms with Crippen molar-refractivity contribution < 1.29 is 0 Å². The second-order valence-electron chi connectivity index (χ2n) is 6.99. The van der Waals surface area contributed by atoms with Gasteiger partial charge in [-0.15, -0.1) is 0 Å². The van der Waals surface area contributed by atoms with E-state index < -0.39 is 0 Å². The van der Waals surface area contributed by atoms with Crippen LogP contribution in [0.3, 0.4) is 0 Å². The fourth-order valence-electron chi connectivity index (χ4n) is 3.29. The monoisotopic (exact) mass is 273 g/mol. The molecule has 0 bridgehead atoms. The molecule has 108 valence electrons. The van der Waals surface area contributed by atoms with E-state index in [-0.39, 0.29) is 0 Å². The molecule has 1 aliphatic carbocycles. The second kappa shape index (κ2) is 4.72. The van der Waals surface area contributed by atoms with Gasteiger partial charge in [-0.25, -0.2) is 15.0 Å². The lowest BCUT2D eigenvalue weighted by molar-refractivity contribution is 0.167. The second-order valence-corrected chi connectivity index (χ2v) is 6.99. The summed E-state index contributed by atoms with van der Waals surface area (Å²) >= 11 is 0. The number of anilines is 1. The van der Waals surface area contributed by atoms with Gasteiger partial charge < -0.3 is 10.7 Å². The molecule has 0 saturated heterocycles. The molecule has 5 heteroatoms. The zero-order valence-corrected chi connectivity index (χ0v) is 12.5. The van der Waals surface area contributed by atoms with Crippen molar-refractivity contribution in [2.75, 3.05) is 5.73 Å². The highest BCUT2D eigenvalue weighted by Gasteiger charge is 2.31. The normalized spacial score (nSPS) is 24.1. The van der Waals surface area contributed by atoms with Gasteiger partial charge in [0.1, 0.15) is 17.7 Å². The first kappa shape index (κ1) is 13.3. The smallest absolute Gasteiger partial charge is 0.183 e. The number of nitrogen functional groups attached to an aromatic ring is 1. The molecular formula is C15H23N5. The number of imidazole rings is 1. The van der Waals surface area contributed by atoms with Crippen molar-refractivity contribution in [2.24, 2.45) is 11.3 Å². The number of hydrogen-bond acceptors (Lipinski definition) is 4. The van der Waals surface area contributed by atoms with Crippen molar-refractivity contribution >= 4 is 17.0 Å². The molecule has 0 unspecified atom stereocenters. The van der Waals surface area contributed by atoms with E-state index in [2.05, 4.69) is 40.7 Å². The van der Waals surface area contributed by atoms with Crippen LogP contribution in [-0.4, -0.2) is 19.9 Å². The molecule has 2 heterocycles. The van der Waals surface area contributed by atoms with Crippen LogP contribution in [0.15, 0.2) is 6.33 Å². The summed E-state index contributed by atoms with van der Waals surface area (Å²) in [7, 11) is 0. The number of nitrogens with zero attached hydrogens (tertiary/aromatic N) is 3. The molecule has 1 fully saturated rings. The molecule has 3 N–H and O–H groups in total. The summed E-state index contributed by atoms with van der Waals surface area (Å²) in [4.78, 5) is 16.1. The van der Waals surface area contributed by atoms with Crippen LogP contribution in [0.25, 0.3) is 11.2 Å². The van der Waals surface area contributed by atoms with E-state index in [0.717, 1.165) is 17.3 Å². The Hall–Kier alpha value is -1.65. The molecular weight excluding hydrogens is 250 g/mol. The number of nitrogens with one attached hydrogen (secondary N) is 1. The third-order valence-electron chi connectivity index (χ3n) is 4.67. The van der Waals surface area contributed by atoms with Crippen LogP contribution < -0.4 is 5.73 Å². The lowest BCUT2D eigenvalue weighted by atomic mass is 9.70. The lowest BCUT2D eigenvalue weighted by Crippen LogP contribution is -2.25. The molecule has 0 spiro atoms. The van der Waals surface area contributed by atoms with Gasteiger partial charge in [-0.2, -0.15) is 0 Å². The summed E-state index contributed by atoms with van der Waals surface area (Å²) in [5, 5.41) is 0. The SMILES string of the molecule is CC(C)(C)C1CCC(c2nc3ncnc(N)c3[nH]2)CC1. The van der Waals surface area contributed by atoms with E-state index >= 15 is 0 Å². The summed E-state index contributed by atoms with van der Waals surface area (Å²) < 4.78 is 0. The molecule has 3 rings (SSSR count). The van der Waals surface area contributed by atoms with Gasteiger partial charge in [0.25, 0.3) is 0 Å².